The molecule has 1 atom stereocenters. The third-order valence-electron chi connectivity index (χ3n) is 2.71. The first-order valence-electron chi connectivity index (χ1n) is 5.56. The predicted octanol–water partition coefficient (Wildman–Crippen LogP) is 1.39. The molecule has 0 fully saturated rings. The van der Waals surface area contributed by atoms with Gasteiger partial charge in [0.25, 0.3) is 5.69 Å². The number of nitro groups is 1. The molecule has 1 unspecified atom stereocenters. The van der Waals surface area contributed by atoms with E-state index in [9.17, 15) is 14.9 Å². The van der Waals surface area contributed by atoms with E-state index in [0.29, 0.717) is 11.1 Å². The average molecular weight is 268 g/mol. The molecule has 0 spiro atoms. The lowest BCUT2D eigenvalue weighted by Gasteiger charge is -2.20. The van der Waals surface area contributed by atoms with Gasteiger partial charge in [0.1, 0.15) is 17.9 Å². The maximum Gasteiger partial charge on any atom is 0.326 e. The number of carboxylic acids is 1. The SMILES string of the molecule is Cc1cc(C)c([N+](=O)[O-])cc1OCC(C)(N)C(=O)O. The monoisotopic (exact) mass is 268 g/mol. The number of hydrogen-bond donors (Lipinski definition) is 2. The minimum Gasteiger partial charge on any atom is -0.491 e. The van der Waals surface area contributed by atoms with Crippen molar-refractivity contribution in [2.45, 2.75) is 26.3 Å². The Hall–Kier alpha value is -2.15. The topological polar surface area (TPSA) is 116 Å². The predicted molar refractivity (Wildman–Crippen MR) is 68.3 cm³/mol. The summed E-state index contributed by atoms with van der Waals surface area (Å²) in [6.45, 7) is 4.39. The maximum atomic E-state index is 10.8. The van der Waals surface area contributed by atoms with Gasteiger partial charge in [-0.2, -0.15) is 0 Å². The first-order chi connectivity index (χ1) is 8.65. The minimum absolute atomic E-state index is 0.0744. The Morgan fingerprint density at radius 3 is 2.53 bits per heavy atom. The van der Waals surface area contributed by atoms with Crippen molar-refractivity contribution in [2.24, 2.45) is 5.73 Å². The zero-order chi connectivity index (χ0) is 14.8. The molecular formula is C12H16N2O5. The molecule has 0 saturated carbocycles. The Bertz CT molecular complexity index is 525. The number of aliphatic carboxylic acids is 1. The number of nitrogens with two attached hydrogens (primary N) is 1. The lowest BCUT2D eigenvalue weighted by atomic mass is 10.1. The highest BCUT2D eigenvalue weighted by Gasteiger charge is 2.29. The Morgan fingerprint density at radius 2 is 2.05 bits per heavy atom. The van der Waals surface area contributed by atoms with Gasteiger partial charge in [-0.25, -0.2) is 0 Å². The number of benzene rings is 1. The summed E-state index contributed by atoms with van der Waals surface area (Å²) >= 11 is 0. The average Bonchev–Trinajstić information content (AvgIpc) is 2.27. The maximum absolute atomic E-state index is 10.8. The van der Waals surface area contributed by atoms with Gasteiger partial charge in [-0.15, -0.1) is 0 Å². The van der Waals surface area contributed by atoms with Gasteiger partial charge in [-0.3, -0.25) is 14.9 Å². The number of aryl methyl sites for hydroxylation is 2. The van der Waals surface area contributed by atoms with Crippen molar-refractivity contribution in [2.75, 3.05) is 6.61 Å². The second kappa shape index (κ2) is 5.23. The van der Waals surface area contributed by atoms with Crippen molar-refractivity contribution in [3.05, 3.63) is 33.4 Å². The van der Waals surface area contributed by atoms with Gasteiger partial charge >= 0.3 is 5.97 Å². The molecule has 1 aromatic rings. The molecule has 104 valence electrons. The number of carbonyl (C=O) groups is 1. The van der Waals surface area contributed by atoms with Crippen LogP contribution >= 0.6 is 0 Å². The fourth-order valence-electron chi connectivity index (χ4n) is 1.46. The summed E-state index contributed by atoms with van der Waals surface area (Å²) in [5.41, 5.74) is 5.10. The summed E-state index contributed by atoms with van der Waals surface area (Å²) < 4.78 is 5.30. The van der Waals surface area contributed by atoms with Crippen LogP contribution in [0.15, 0.2) is 12.1 Å². The van der Waals surface area contributed by atoms with Crippen LogP contribution in [0.25, 0.3) is 0 Å². The van der Waals surface area contributed by atoms with E-state index in [0.717, 1.165) is 0 Å². The summed E-state index contributed by atoms with van der Waals surface area (Å²) in [6, 6.07) is 2.89. The summed E-state index contributed by atoms with van der Waals surface area (Å²) in [6.07, 6.45) is 0. The first-order valence-corrected chi connectivity index (χ1v) is 5.56. The third kappa shape index (κ3) is 3.41. The summed E-state index contributed by atoms with van der Waals surface area (Å²) in [5, 5.41) is 19.7. The van der Waals surface area contributed by atoms with Crippen molar-refractivity contribution in [3.8, 4) is 5.75 Å². The van der Waals surface area contributed by atoms with Gasteiger partial charge in [0, 0.05) is 5.56 Å². The third-order valence-corrected chi connectivity index (χ3v) is 2.71. The van der Waals surface area contributed by atoms with Gasteiger partial charge in [0.15, 0.2) is 0 Å². The van der Waals surface area contributed by atoms with Crippen LogP contribution in [-0.4, -0.2) is 28.1 Å². The second-order valence-electron chi connectivity index (χ2n) is 4.67. The molecular weight excluding hydrogens is 252 g/mol. The molecule has 19 heavy (non-hydrogen) atoms. The number of rotatable bonds is 5. The molecule has 0 aliphatic carbocycles. The molecule has 0 saturated heterocycles. The largest absolute Gasteiger partial charge is 0.491 e. The smallest absolute Gasteiger partial charge is 0.326 e. The van der Waals surface area contributed by atoms with E-state index in [-0.39, 0.29) is 18.0 Å². The Morgan fingerprint density at radius 1 is 1.47 bits per heavy atom. The van der Waals surface area contributed by atoms with Crippen molar-refractivity contribution < 1.29 is 19.6 Å². The molecule has 0 amide bonds. The molecule has 3 N–H and O–H groups in total. The fourth-order valence-corrected chi connectivity index (χ4v) is 1.46. The van der Waals surface area contributed by atoms with E-state index in [1.165, 1.54) is 13.0 Å². The van der Waals surface area contributed by atoms with Crippen molar-refractivity contribution in [1.82, 2.24) is 0 Å². The number of nitro benzene ring substituents is 1. The highest BCUT2D eigenvalue weighted by atomic mass is 16.6. The summed E-state index contributed by atoms with van der Waals surface area (Å²) in [7, 11) is 0. The zero-order valence-electron chi connectivity index (χ0n) is 11.0. The van der Waals surface area contributed by atoms with Crippen molar-refractivity contribution in [3.63, 3.8) is 0 Å². The molecule has 0 aliphatic rings. The second-order valence-corrected chi connectivity index (χ2v) is 4.67. The summed E-state index contributed by atoms with van der Waals surface area (Å²) in [4.78, 5) is 21.2. The van der Waals surface area contributed by atoms with Gasteiger partial charge in [-0.1, -0.05) is 0 Å². The van der Waals surface area contributed by atoms with E-state index in [1.54, 1.807) is 19.9 Å². The highest BCUT2D eigenvalue weighted by molar-refractivity contribution is 5.78. The van der Waals surface area contributed by atoms with Crippen LogP contribution in [0.4, 0.5) is 5.69 Å². The van der Waals surface area contributed by atoms with Crippen LogP contribution in [0.5, 0.6) is 5.75 Å². The Kier molecular flexibility index (Phi) is 4.10. The number of carboxylic acid groups (broad SMARTS) is 1. The Labute approximate surface area is 110 Å². The van der Waals surface area contributed by atoms with Crippen molar-refractivity contribution >= 4 is 11.7 Å². The van der Waals surface area contributed by atoms with E-state index in [4.69, 9.17) is 15.6 Å². The zero-order valence-corrected chi connectivity index (χ0v) is 11.0. The molecule has 0 bridgehead atoms. The normalized spacial score (nSPS) is 13.7. The van der Waals surface area contributed by atoms with Gasteiger partial charge in [0.05, 0.1) is 11.0 Å². The number of nitrogens with zero attached hydrogens (tertiary/aromatic N) is 1. The molecule has 0 aliphatic heterocycles. The Balaban J connectivity index is 2.99. The number of ether oxygens (including phenoxy) is 1. The van der Waals surface area contributed by atoms with Crippen LogP contribution in [0.1, 0.15) is 18.1 Å². The molecule has 7 heteroatoms. The van der Waals surface area contributed by atoms with Crippen LogP contribution < -0.4 is 10.5 Å². The highest BCUT2D eigenvalue weighted by Crippen LogP contribution is 2.28. The van der Waals surface area contributed by atoms with Gasteiger partial charge < -0.3 is 15.6 Å². The molecule has 0 aromatic heterocycles. The number of hydrogen-bond acceptors (Lipinski definition) is 5. The van der Waals surface area contributed by atoms with Crippen LogP contribution in [0.2, 0.25) is 0 Å². The summed E-state index contributed by atoms with van der Waals surface area (Å²) in [5.74, 6) is -0.943. The van der Waals surface area contributed by atoms with Crippen LogP contribution in [0.3, 0.4) is 0 Å². The lowest BCUT2D eigenvalue weighted by Crippen LogP contribution is -2.50. The van der Waals surface area contributed by atoms with E-state index in [2.05, 4.69) is 0 Å². The van der Waals surface area contributed by atoms with Crippen molar-refractivity contribution in [1.29, 1.82) is 0 Å². The van der Waals surface area contributed by atoms with Gasteiger partial charge in [0.2, 0.25) is 0 Å². The molecule has 1 rings (SSSR count). The first kappa shape index (κ1) is 14.9. The van der Waals surface area contributed by atoms with Crippen LogP contribution in [-0.2, 0) is 4.79 Å². The minimum atomic E-state index is -1.55. The molecule has 7 nitrogen and oxygen atoms in total. The van der Waals surface area contributed by atoms with E-state index >= 15 is 0 Å². The fraction of sp³-hybridized carbons (Fsp3) is 0.417. The molecule has 1 aromatic carbocycles. The van der Waals surface area contributed by atoms with E-state index < -0.39 is 16.4 Å². The van der Waals surface area contributed by atoms with E-state index in [1.807, 2.05) is 0 Å². The van der Waals surface area contributed by atoms with Gasteiger partial charge in [-0.05, 0) is 32.4 Å². The molecule has 0 heterocycles. The quantitative estimate of drug-likeness (QED) is 0.615. The molecule has 0 radical (unpaired) electrons. The standard InChI is InChI=1S/C12H16N2O5/c1-7-4-8(2)10(5-9(7)14(17)18)19-6-12(3,13)11(15)16/h4-5H,6,13H2,1-3H3,(H,15,16). The van der Waals surface area contributed by atoms with Crippen LogP contribution in [0, 0.1) is 24.0 Å². The lowest BCUT2D eigenvalue weighted by molar-refractivity contribution is -0.385.